The van der Waals surface area contributed by atoms with Gasteiger partial charge in [-0.15, -0.1) is 0 Å². The maximum absolute atomic E-state index is 12.7. The Morgan fingerprint density at radius 2 is 1.93 bits per heavy atom. The molecule has 1 heterocycles. The minimum absolute atomic E-state index is 0.122. The van der Waals surface area contributed by atoms with Crippen molar-refractivity contribution < 1.29 is 24.2 Å². The summed E-state index contributed by atoms with van der Waals surface area (Å²) in [5, 5.41) is 11.7. The van der Waals surface area contributed by atoms with E-state index >= 15 is 0 Å². The molecule has 1 unspecified atom stereocenters. The third-order valence-electron chi connectivity index (χ3n) is 4.86. The van der Waals surface area contributed by atoms with Gasteiger partial charge in [-0.05, 0) is 36.2 Å². The molecule has 7 nitrogen and oxygen atoms in total. The van der Waals surface area contributed by atoms with Crippen LogP contribution in [0, 0.1) is 0 Å². The number of hydrogen-bond donors (Lipinski definition) is 2. The van der Waals surface area contributed by atoms with Gasteiger partial charge in [0.05, 0.1) is 25.1 Å². The Morgan fingerprint density at radius 3 is 2.66 bits per heavy atom. The van der Waals surface area contributed by atoms with Crippen LogP contribution in [-0.2, 0) is 20.9 Å². The van der Waals surface area contributed by atoms with Crippen molar-refractivity contribution in [1.82, 2.24) is 0 Å². The van der Waals surface area contributed by atoms with E-state index in [9.17, 15) is 9.59 Å². The van der Waals surface area contributed by atoms with E-state index in [1.54, 1.807) is 7.11 Å². The molecule has 7 heteroatoms. The van der Waals surface area contributed by atoms with Gasteiger partial charge in [-0.1, -0.05) is 24.3 Å². The van der Waals surface area contributed by atoms with Crippen molar-refractivity contribution in [3.8, 4) is 5.75 Å². The van der Waals surface area contributed by atoms with Crippen LogP contribution in [-0.4, -0.2) is 49.8 Å². The number of rotatable bonds is 10. The number of methoxy groups -OCH3 is 1. The monoisotopic (exact) mass is 398 g/mol. The quantitative estimate of drug-likeness (QED) is 0.598. The van der Waals surface area contributed by atoms with Crippen molar-refractivity contribution in [3.05, 3.63) is 54.1 Å². The van der Waals surface area contributed by atoms with Crippen LogP contribution in [0.2, 0.25) is 0 Å². The van der Waals surface area contributed by atoms with E-state index in [1.807, 2.05) is 53.4 Å². The fourth-order valence-electron chi connectivity index (χ4n) is 3.29. The molecule has 2 aromatic carbocycles. The largest absolute Gasteiger partial charge is 0.497 e. The lowest BCUT2D eigenvalue weighted by atomic mass is 10.1. The number of para-hydroxylation sites is 2. The molecule has 0 bridgehead atoms. The molecule has 0 aliphatic carbocycles. The molecular weight excluding hydrogens is 372 g/mol. The topological polar surface area (TPSA) is 88.1 Å². The molecule has 1 aliphatic rings. The summed E-state index contributed by atoms with van der Waals surface area (Å²) in [6.07, 6.45) is 0.786. The SMILES string of the molecule is COc1ccc(CN2c3ccccc3NC(=O)C2COCCCC(=O)CO)cc1. The second kappa shape index (κ2) is 10.0. The van der Waals surface area contributed by atoms with Gasteiger partial charge in [-0.2, -0.15) is 0 Å². The van der Waals surface area contributed by atoms with E-state index in [-0.39, 0.29) is 24.7 Å². The van der Waals surface area contributed by atoms with Crippen molar-refractivity contribution in [1.29, 1.82) is 0 Å². The molecule has 2 aromatic rings. The van der Waals surface area contributed by atoms with Gasteiger partial charge in [0.25, 0.3) is 0 Å². The zero-order chi connectivity index (χ0) is 20.6. The summed E-state index contributed by atoms with van der Waals surface area (Å²) in [5.41, 5.74) is 2.76. The highest BCUT2D eigenvalue weighted by molar-refractivity contribution is 6.03. The Bertz CT molecular complexity index is 837. The Hall–Kier alpha value is -2.90. The number of aliphatic hydroxyl groups is 1. The van der Waals surface area contributed by atoms with Crippen molar-refractivity contribution in [2.75, 3.05) is 37.1 Å². The normalized spacial score (nSPS) is 15.6. The number of ketones is 1. The number of benzene rings is 2. The van der Waals surface area contributed by atoms with E-state index in [1.165, 1.54) is 0 Å². The molecule has 0 aromatic heterocycles. The number of carbonyl (C=O) groups excluding carboxylic acids is 2. The number of aliphatic hydroxyl groups excluding tert-OH is 1. The van der Waals surface area contributed by atoms with E-state index in [2.05, 4.69) is 5.32 Å². The van der Waals surface area contributed by atoms with Crippen LogP contribution in [0.25, 0.3) is 0 Å². The molecule has 29 heavy (non-hydrogen) atoms. The highest BCUT2D eigenvalue weighted by atomic mass is 16.5. The van der Waals surface area contributed by atoms with Crippen molar-refractivity contribution in [2.45, 2.75) is 25.4 Å². The molecule has 0 fully saturated rings. The molecule has 2 N–H and O–H groups in total. The third-order valence-corrected chi connectivity index (χ3v) is 4.86. The maximum Gasteiger partial charge on any atom is 0.249 e. The predicted octanol–water partition coefficient (Wildman–Crippen LogP) is 2.38. The van der Waals surface area contributed by atoms with E-state index < -0.39 is 12.6 Å². The number of carbonyl (C=O) groups is 2. The second-order valence-corrected chi connectivity index (χ2v) is 6.87. The number of ether oxygens (including phenoxy) is 2. The molecule has 0 spiro atoms. The summed E-state index contributed by atoms with van der Waals surface area (Å²) in [4.78, 5) is 26.0. The van der Waals surface area contributed by atoms with Gasteiger partial charge in [0, 0.05) is 19.6 Å². The minimum atomic E-state index is -0.486. The van der Waals surface area contributed by atoms with Crippen LogP contribution < -0.4 is 15.0 Å². The molecule has 0 saturated heterocycles. The number of fused-ring (bicyclic) bond motifs is 1. The summed E-state index contributed by atoms with van der Waals surface area (Å²) in [6.45, 7) is 0.667. The number of amides is 1. The molecule has 1 aliphatic heterocycles. The average Bonchev–Trinajstić information content (AvgIpc) is 2.75. The van der Waals surface area contributed by atoms with Crippen molar-refractivity contribution in [2.24, 2.45) is 0 Å². The van der Waals surface area contributed by atoms with Gasteiger partial charge >= 0.3 is 0 Å². The fourth-order valence-corrected chi connectivity index (χ4v) is 3.29. The first-order valence-electron chi connectivity index (χ1n) is 9.62. The van der Waals surface area contributed by atoms with Gasteiger partial charge in [0.2, 0.25) is 5.91 Å². The number of nitrogens with zero attached hydrogens (tertiary/aromatic N) is 1. The molecule has 3 rings (SSSR count). The van der Waals surface area contributed by atoms with Crippen LogP contribution in [0.4, 0.5) is 11.4 Å². The van der Waals surface area contributed by atoms with Gasteiger partial charge in [0.15, 0.2) is 5.78 Å². The number of nitrogens with one attached hydrogen (secondary N) is 1. The summed E-state index contributed by atoms with van der Waals surface area (Å²) in [6, 6.07) is 15.0. The molecule has 154 valence electrons. The first-order chi connectivity index (χ1) is 14.1. The zero-order valence-electron chi connectivity index (χ0n) is 16.5. The van der Waals surface area contributed by atoms with E-state index in [0.717, 1.165) is 22.7 Å². The van der Waals surface area contributed by atoms with Crippen molar-refractivity contribution >= 4 is 23.1 Å². The zero-order valence-corrected chi connectivity index (χ0v) is 16.5. The van der Waals surface area contributed by atoms with Gasteiger partial charge in [-0.25, -0.2) is 0 Å². The smallest absolute Gasteiger partial charge is 0.249 e. The lowest BCUT2D eigenvalue weighted by Gasteiger charge is -2.38. The molecule has 0 radical (unpaired) electrons. The van der Waals surface area contributed by atoms with Crippen LogP contribution in [0.3, 0.4) is 0 Å². The average molecular weight is 398 g/mol. The van der Waals surface area contributed by atoms with Crippen LogP contribution in [0.15, 0.2) is 48.5 Å². The number of hydrogen-bond acceptors (Lipinski definition) is 6. The number of anilines is 2. The molecular formula is C22H26N2O5. The van der Waals surface area contributed by atoms with Gasteiger partial charge in [-0.3, -0.25) is 9.59 Å². The van der Waals surface area contributed by atoms with E-state index in [4.69, 9.17) is 14.6 Å². The first-order valence-corrected chi connectivity index (χ1v) is 9.62. The number of Topliss-reactive ketones (excluding diaryl/α,β-unsaturated/α-hetero) is 1. The minimum Gasteiger partial charge on any atom is -0.497 e. The molecule has 0 saturated carbocycles. The first kappa shape index (κ1) is 20.8. The highest BCUT2D eigenvalue weighted by Gasteiger charge is 2.33. The van der Waals surface area contributed by atoms with Crippen LogP contribution >= 0.6 is 0 Å². The standard InChI is InChI=1S/C22H26N2O5/c1-28-18-10-8-16(9-11-18)13-24-20-7-3-2-6-19(20)23-22(27)21(24)15-29-12-4-5-17(26)14-25/h2-3,6-11,21,25H,4-5,12-15H2,1H3,(H,23,27). The van der Waals surface area contributed by atoms with Crippen LogP contribution in [0.1, 0.15) is 18.4 Å². The maximum atomic E-state index is 12.7. The summed E-state index contributed by atoms with van der Waals surface area (Å²) >= 11 is 0. The fraction of sp³-hybridized carbons (Fsp3) is 0.364. The van der Waals surface area contributed by atoms with E-state index in [0.29, 0.717) is 19.6 Å². The lowest BCUT2D eigenvalue weighted by Crippen LogP contribution is -2.50. The summed E-state index contributed by atoms with van der Waals surface area (Å²) in [7, 11) is 1.63. The molecule has 1 amide bonds. The lowest BCUT2D eigenvalue weighted by molar-refractivity contribution is -0.122. The second-order valence-electron chi connectivity index (χ2n) is 6.87. The Balaban J connectivity index is 1.71. The van der Waals surface area contributed by atoms with Gasteiger partial charge in [0.1, 0.15) is 18.4 Å². The molecule has 1 atom stereocenters. The predicted molar refractivity (Wildman–Crippen MR) is 110 cm³/mol. The Morgan fingerprint density at radius 1 is 1.17 bits per heavy atom. The Labute approximate surface area is 170 Å². The highest BCUT2D eigenvalue weighted by Crippen LogP contribution is 2.33. The van der Waals surface area contributed by atoms with Gasteiger partial charge < -0.3 is 24.8 Å². The Kier molecular flexibility index (Phi) is 7.21. The van der Waals surface area contributed by atoms with Crippen LogP contribution in [0.5, 0.6) is 5.75 Å². The summed E-state index contributed by atoms with van der Waals surface area (Å²) < 4.78 is 10.9. The van der Waals surface area contributed by atoms with Crippen molar-refractivity contribution in [3.63, 3.8) is 0 Å². The third kappa shape index (κ3) is 5.34. The summed E-state index contributed by atoms with van der Waals surface area (Å²) in [5.74, 6) is 0.450.